The van der Waals surface area contributed by atoms with Gasteiger partial charge in [-0.25, -0.2) is 9.13 Å². The average Bonchev–Trinajstić information content (AvgIpc) is 3.31. The lowest BCUT2D eigenvalue weighted by Gasteiger charge is -2.19. The molecule has 15 nitrogen and oxygen atoms in total. The highest BCUT2D eigenvalue weighted by Crippen LogP contribution is 2.45. The van der Waals surface area contributed by atoms with Crippen molar-refractivity contribution in [3.63, 3.8) is 0 Å². The molecular weight excluding hydrogens is 914 g/mol. The van der Waals surface area contributed by atoms with Crippen LogP contribution < -0.4 is 0 Å². The lowest BCUT2D eigenvalue weighted by Crippen LogP contribution is -2.25. The number of ether oxygens (including phenoxy) is 2. The van der Waals surface area contributed by atoms with Crippen LogP contribution in [-0.4, -0.2) is 95.0 Å². The van der Waals surface area contributed by atoms with Crippen LogP contribution in [-0.2, 0) is 46.3 Å². The fourth-order valence-corrected chi connectivity index (χ4v) is 7.89. The van der Waals surface area contributed by atoms with Crippen molar-refractivity contribution < 1.29 is 71.4 Å². The number of unbranched alkanes of at least 4 members (excludes halogenated alkanes) is 16. The van der Waals surface area contributed by atoms with Gasteiger partial charge < -0.3 is 34.6 Å². The first-order chi connectivity index (χ1) is 32.8. The molecule has 394 valence electrons. The van der Waals surface area contributed by atoms with Gasteiger partial charge in [0.25, 0.3) is 0 Å². The van der Waals surface area contributed by atoms with Gasteiger partial charge in [-0.05, 0) is 51.4 Å². The number of aliphatic hydroxyl groups is 3. The summed E-state index contributed by atoms with van der Waals surface area (Å²) in [6.07, 6.45) is 47.6. The van der Waals surface area contributed by atoms with Crippen LogP contribution in [0.1, 0.15) is 181 Å². The third kappa shape index (κ3) is 48.5. The summed E-state index contributed by atoms with van der Waals surface area (Å²) in [7, 11) is -9.60. The SMILES string of the molecule is CC/C=C\C/C=C\C/C=C\C/C=C\C/C=C\C/C=C\CCC(=O)OCC(O)COP(=O)(O)OCC(O)COP(=O)(O)OCC(O)COC(=O)CCCCCCCCCCCCCCCCCCC. The smallest absolute Gasteiger partial charge is 0.463 e. The molecule has 0 rings (SSSR count). The van der Waals surface area contributed by atoms with Crippen LogP contribution in [0.15, 0.2) is 72.9 Å². The predicted octanol–water partition coefficient (Wildman–Crippen LogP) is 11.9. The zero-order valence-electron chi connectivity index (χ0n) is 41.5. The maximum atomic E-state index is 12.2. The summed E-state index contributed by atoms with van der Waals surface area (Å²) in [6.45, 7) is 0.228. The molecule has 0 saturated heterocycles. The molecule has 0 radical (unpaired) electrons. The quantitative estimate of drug-likeness (QED) is 0.0165. The van der Waals surface area contributed by atoms with Gasteiger partial charge in [0.2, 0.25) is 0 Å². The van der Waals surface area contributed by atoms with Crippen molar-refractivity contribution in [1.29, 1.82) is 0 Å². The highest BCUT2D eigenvalue weighted by Gasteiger charge is 2.28. The molecule has 0 heterocycles. The monoisotopic (exact) mass is 1000 g/mol. The van der Waals surface area contributed by atoms with E-state index in [0.29, 0.717) is 19.3 Å². The molecular formula is C51H90O15P2. The number of carbonyl (C=O) groups excluding carboxylic acids is 2. The van der Waals surface area contributed by atoms with Gasteiger partial charge in [0.05, 0.1) is 26.4 Å². The lowest BCUT2D eigenvalue weighted by atomic mass is 10.0. The van der Waals surface area contributed by atoms with Crippen LogP contribution in [0.5, 0.6) is 0 Å². The topological polar surface area (TPSA) is 225 Å². The zero-order valence-corrected chi connectivity index (χ0v) is 43.3. The van der Waals surface area contributed by atoms with E-state index in [2.05, 4.69) is 86.6 Å². The Hall–Kier alpha value is -2.52. The fraction of sp³-hybridized carbons (Fsp3) is 0.725. The number of phosphoric acid groups is 2. The van der Waals surface area contributed by atoms with Gasteiger partial charge in [-0.3, -0.25) is 27.7 Å². The number of allylic oxidation sites excluding steroid dienone is 12. The van der Waals surface area contributed by atoms with Crippen LogP contribution in [0.3, 0.4) is 0 Å². The van der Waals surface area contributed by atoms with Crippen LogP contribution >= 0.6 is 15.6 Å². The highest BCUT2D eigenvalue weighted by atomic mass is 31.2. The predicted molar refractivity (Wildman–Crippen MR) is 270 cm³/mol. The maximum absolute atomic E-state index is 12.2. The second-order valence-corrected chi connectivity index (χ2v) is 19.7. The van der Waals surface area contributed by atoms with E-state index in [1.165, 1.54) is 83.5 Å². The van der Waals surface area contributed by atoms with Crippen molar-refractivity contribution in [1.82, 2.24) is 0 Å². The number of hydrogen-bond acceptors (Lipinski definition) is 13. The van der Waals surface area contributed by atoms with E-state index in [1.54, 1.807) is 0 Å². The summed E-state index contributed by atoms with van der Waals surface area (Å²) in [4.78, 5) is 43.8. The molecule has 0 amide bonds. The second-order valence-electron chi connectivity index (χ2n) is 16.8. The fourth-order valence-electron chi connectivity index (χ4n) is 6.30. The normalized spacial score (nSPS) is 15.6. The van der Waals surface area contributed by atoms with Gasteiger partial charge in [0.1, 0.15) is 31.5 Å². The summed E-state index contributed by atoms with van der Waals surface area (Å²) in [5, 5.41) is 30.0. The Kier molecular flexibility index (Phi) is 45.1. The number of phosphoric ester groups is 2. The van der Waals surface area contributed by atoms with Gasteiger partial charge in [-0.1, -0.05) is 189 Å². The van der Waals surface area contributed by atoms with Crippen LogP contribution in [0.25, 0.3) is 0 Å². The molecule has 0 aliphatic carbocycles. The molecule has 0 aromatic carbocycles. The number of aliphatic hydroxyl groups excluding tert-OH is 3. The Bertz CT molecular complexity index is 1500. The van der Waals surface area contributed by atoms with Crippen molar-refractivity contribution in [2.45, 2.75) is 199 Å². The highest BCUT2D eigenvalue weighted by molar-refractivity contribution is 7.47. The Labute approximate surface area is 409 Å². The number of esters is 2. The van der Waals surface area contributed by atoms with Crippen molar-refractivity contribution in [2.75, 3.05) is 39.6 Å². The number of carbonyl (C=O) groups is 2. The van der Waals surface area contributed by atoms with E-state index in [4.69, 9.17) is 9.47 Å². The molecule has 5 N–H and O–H groups in total. The molecule has 5 atom stereocenters. The van der Waals surface area contributed by atoms with Gasteiger partial charge >= 0.3 is 27.6 Å². The van der Waals surface area contributed by atoms with E-state index < -0.39 is 85.5 Å². The van der Waals surface area contributed by atoms with Crippen molar-refractivity contribution >= 4 is 27.6 Å². The average molecular weight is 1010 g/mol. The minimum Gasteiger partial charge on any atom is -0.463 e. The van der Waals surface area contributed by atoms with Crippen LogP contribution in [0, 0.1) is 0 Å². The lowest BCUT2D eigenvalue weighted by molar-refractivity contribution is -0.148. The molecule has 68 heavy (non-hydrogen) atoms. The summed E-state index contributed by atoms with van der Waals surface area (Å²) in [5.41, 5.74) is 0. The molecule has 0 aliphatic rings. The van der Waals surface area contributed by atoms with Gasteiger partial charge in [-0.2, -0.15) is 0 Å². The first kappa shape index (κ1) is 65.5. The summed E-state index contributed by atoms with van der Waals surface area (Å²) in [5.74, 6) is -1.08. The van der Waals surface area contributed by atoms with E-state index in [9.17, 15) is 43.8 Å². The molecule has 0 aromatic heterocycles. The molecule has 5 unspecified atom stereocenters. The minimum atomic E-state index is -4.81. The first-order valence-electron chi connectivity index (χ1n) is 25.3. The van der Waals surface area contributed by atoms with Crippen molar-refractivity contribution in [2.24, 2.45) is 0 Å². The molecule has 0 saturated carbocycles. The van der Waals surface area contributed by atoms with Gasteiger partial charge in [0.15, 0.2) is 0 Å². The Morgan fingerprint density at radius 3 is 1.01 bits per heavy atom. The molecule has 0 aromatic rings. The van der Waals surface area contributed by atoms with Crippen LogP contribution in [0.4, 0.5) is 0 Å². The molecule has 0 spiro atoms. The van der Waals surface area contributed by atoms with Gasteiger partial charge in [-0.15, -0.1) is 0 Å². The standard InChI is InChI=1S/C51H90O15P2/c1-3-5-7-9-11-13-15-17-19-21-22-24-26-28-30-32-34-36-38-40-51(56)62-42-48(53)44-64-68(59,60)66-46-49(54)45-65-67(57,58)63-43-47(52)41-61-50(55)39-37-35-33-31-29-27-25-23-20-18-16-14-12-10-8-6-4-2/h5,7,11,13,17,19,22,24,28,30,34,36,47-49,52-54H,3-4,6,8-10,12,14-16,18,20-21,23,25-27,29,31-33,35,37-46H2,1-2H3,(H,57,58)(H,59,60)/b7-5-,13-11-,19-17-,24-22-,30-28-,36-34-. The van der Waals surface area contributed by atoms with Crippen molar-refractivity contribution in [3.8, 4) is 0 Å². The largest absolute Gasteiger partial charge is 0.472 e. The number of hydrogen-bond donors (Lipinski definition) is 5. The summed E-state index contributed by atoms with van der Waals surface area (Å²) in [6, 6.07) is 0. The third-order valence-corrected chi connectivity index (χ3v) is 12.1. The number of rotatable bonds is 48. The molecule has 0 aliphatic heterocycles. The van der Waals surface area contributed by atoms with E-state index in [0.717, 1.165) is 51.4 Å². The molecule has 0 bridgehead atoms. The van der Waals surface area contributed by atoms with Crippen LogP contribution in [0.2, 0.25) is 0 Å². The third-order valence-electron chi connectivity index (χ3n) is 10.2. The van der Waals surface area contributed by atoms with Crippen molar-refractivity contribution in [3.05, 3.63) is 72.9 Å². The first-order valence-corrected chi connectivity index (χ1v) is 28.3. The summed E-state index contributed by atoms with van der Waals surface area (Å²) >= 11 is 0. The van der Waals surface area contributed by atoms with E-state index >= 15 is 0 Å². The van der Waals surface area contributed by atoms with Gasteiger partial charge in [0, 0.05) is 12.8 Å². The molecule has 0 fully saturated rings. The zero-order chi connectivity index (χ0) is 50.2. The maximum Gasteiger partial charge on any atom is 0.472 e. The summed E-state index contributed by atoms with van der Waals surface area (Å²) < 4.78 is 53.0. The Balaban J connectivity index is 3.94. The second kappa shape index (κ2) is 46.8. The van der Waals surface area contributed by atoms with E-state index in [-0.39, 0.29) is 12.8 Å². The Morgan fingerprint density at radius 2 is 0.676 bits per heavy atom. The van der Waals surface area contributed by atoms with E-state index in [1.807, 2.05) is 18.2 Å². The minimum absolute atomic E-state index is 0.0682. The molecule has 17 heteroatoms. The Morgan fingerprint density at radius 1 is 0.397 bits per heavy atom.